The average molecular weight is 679 g/mol. The first-order valence-corrected chi connectivity index (χ1v) is 17.0. The maximum atomic E-state index is 6.49. The largest absolute Gasteiger partial charge is 0.493 e. The molecule has 0 fully saturated rings. The van der Waals surface area contributed by atoms with Crippen LogP contribution < -0.4 is 28.4 Å². The summed E-state index contributed by atoms with van der Waals surface area (Å²) in [5.41, 5.74) is 6.08. The molecule has 6 nitrogen and oxygen atoms in total. The van der Waals surface area contributed by atoms with Gasteiger partial charge < -0.3 is 28.4 Å². The lowest BCUT2D eigenvalue weighted by atomic mass is 10.1. The van der Waals surface area contributed by atoms with Crippen molar-refractivity contribution in [3.05, 3.63) is 185 Å². The van der Waals surface area contributed by atoms with Gasteiger partial charge in [0.1, 0.15) is 26.4 Å². The van der Waals surface area contributed by atoms with Gasteiger partial charge in [-0.25, -0.2) is 0 Å². The van der Waals surface area contributed by atoms with E-state index < -0.39 is 0 Å². The van der Waals surface area contributed by atoms with Gasteiger partial charge in [0.2, 0.25) is 11.5 Å². The van der Waals surface area contributed by atoms with Crippen molar-refractivity contribution in [1.82, 2.24) is 0 Å². The van der Waals surface area contributed by atoms with Crippen LogP contribution in [0.25, 0.3) is 6.08 Å². The Hall–Kier alpha value is -6.14. The molecule has 0 aromatic heterocycles. The molecule has 0 atom stereocenters. The summed E-state index contributed by atoms with van der Waals surface area (Å²) in [7, 11) is 3.28. The highest BCUT2D eigenvalue weighted by atomic mass is 16.5. The van der Waals surface area contributed by atoms with Crippen molar-refractivity contribution in [2.45, 2.75) is 32.8 Å². The van der Waals surface area contributed by atoms with Gasteiger partial charge in [-0.15, -0.1) is 0 Å². The minimum atomic E-state index is 0.370. The molecule has 0 saturated carbocycles. The maximum absolute atomic E-state index is 6.49. The van der Waals surface area contributed by atoms with E-state index in [1.165, 1.54) is 0 Å². The molecule has 0 amide bonds. The van der Waals surface area contributed by atoms with Crippen LogP contribution in [0.3, 0.4) is 0 Å². The predicted molar refractivity (Wildman–Crippen MR) is 202 cm³/mol. The molecule has 0 N–H and O–H groups in total. The standard InChI is InChI=1S/C45H42O6/c1-46-40-27-26-39(43(50-32-36-20-11-5-12-21-36)45(40)51-33-37-22-13-6-14-23-37)25-15-24-38-28-41(48-30-34-16-7-3-8-17-34)44(47-2)42(29-38)49-31-35-18-9-4-10-19-35/h3-23,25-29H,24,30-33H2,1-2H3/b25-15+. The van der Waals surface area contributed by atoms with Crippen LogP contribution in [-0.2, 0) is 32.8 Å². The molecule has 0 aliphatic heterocycles. The van der Waals surface area contributed by atoms with Crippen LogP contribution in [-0.4, -0.2) is 14.2 Å². The van der Waals surface area contributed by atoms with Gasteiger partial charge in [0.05, 0.1) is 14.2 Å². The summed E-state index contributed by atoms with van der Waals surface area (Å²) in [6.45, 7) is 1.54. The highest BCUT2D eigenvalue weighted by Crippen LogP contribution is 2.43. The molecule has 0 heterocycles. The molecule has 0 unspecified atom stereocenters. The Morgan fingerprint density at radius 1 is 0.392 bits per heavy atom. The van der Waals surface area contributed by atoms with E-state index >= 15 is 0 Å². The van der Waals surface area contributed by atoms with Crippen molar-refractivity contribution in [2.24, 2.45) is 0 Å². The Labute approximate surface area is 300 Å². The van der Waals surface area contributed by atoms with Gasteiger partial charge >= 0.3 is 0 Å². The third kappa shape index (κ3) is 9.73. The van der Waals surface area contributed by atoms with Crippen LogP contribution in [0.1, 0.15) is 33.4 Å². The van der Waals surface area contributed by atoms with Gasteiger partial charge in [-0.2, -0.15) is 0 Å². The van der Waals surface area contributed by atoms with E-state index in [1.54, 1.807) is 14.2 Å². The number of allylic oxidation sites excluding steroid dienone is 1. The van der Waals surface area contributed by atoms with Crippen molar-refractivity contribution >= 4 is 6.08 Å². The summed E-state index contributed by atoms with van der Waals surface area (Å²) in [5, 5.41) is 0. The fourth-order valence-electron chi connectivity index (χ4n) is 5.55. The molecule has 258 valence electrons. The molecule has 0 bridgehead atoms. The summed E-state index contributed by atoms with van der Waals surface area (Å²) in [5.74, 6) is 3.55. The van der Waals surface area contributed by atoms with E-state index in [0.717, 1.165) is 33.4 Å². The highest BCUT2D eigenvalue weighted by molar-refractivity contribution is 5.67. The van der Waals surface area contributed by atoms with Crippen molar-refractivity contribution in [3.8, 4) is 34.5 Å². The monoisotopic (exact) mass is 678 g/mol. The first-order valence-electron chi connectivity index (χ1n) is 17.0. The van der Waals surface area contributed by atoms with Crippen LogP contribution in [0.4, 0.5) is 0 Å². The lowest BCUT2D eigenvalue weighted by molar-refractivity contribution is 0.243. The summed E-state index contributed by atoms with van der Waals surface area (Å²) in [6.07, 6.45) is 4.74. The minimum absolute atomic E-state index is 0.370. The number of benzene rings is 6. The summed E-state index contributed by atoms with van der Waals surface area (Å²) >= 11 is 0. The van der Waals surface area contributed by atoms with Crippen molar-refractivity contribution < 1.29 is 28.4 Å². The second kappa shape index (κ2) is 18.0. The predicted octanol–water partition coefficient (Wildman–Crippen LogP) is 10.3. The zero-order chi connectivity index (χ0) is 35.1. The lowest BCUT2D eigenvalue weighted by Crippen LogP contribution is -2.04. The Morgan fingerprint density at radius 2 is 0.824 bits per heavy atom. The zero-order valence-electron chi connectivity index (χ0n) is 29.0. The van der Waals surface area contributed by atoms with Crippen molar-refractivity contribution in [3.63, 3.8) is 0 Å². The number of rotatable bonds is 17. The fraction of sp³-hybridized carbons (Fsp3) is 0.156. The van der Waals surface area contributed by atoms with E-state index in [2.05, 4.69) is 6.08 Å². The summed E-state index contributed by atoms with van der Waals surface area (Å²) in [4.78, 5) is 0. The first-order chi connectivity index (χ1) is 25.2. The van der Waals surface area contributed by atoms with E-state index in [4.69, 9.17) is 28.4 Å². The van der Waals surface area contributed by atoms with Crippen LogP contribution in [0.5, 0.6) is 34.5 Å². The third-order valence-corrected chi connectivity index (χ3v) is 8.19. The Kier molecular flexibility index (Phi) is 12.3. The van der Waals surface area contributed by atoms with Crippen LogP contribution in [0.2, 0.25) is 0 Å². The fourth-order valence-corrected chi connectivity index (χ4v) is 5.55. The molecule has 6 aromatic carbocycles. The Morgan fingerprint density at radius 3 is 1.25 bits per heavy atom. The molecule has 0 spiro atoms. The number of ether oxygens (including phenoxy) is 6. The molecule has 6 aromatic rings. The summed E-state index contributed by atoms with van der Waals surface area (Å²) in [6, 6.07) is 48.2. The molecule has 6 rings (SSSR count). The molecule has 6 heteroatoms. The molecule has 0 saturated heterocycles. The average Bonchev–Trinajstić information content (AvgIpc) is 3.19. The van der Waals surface area contributed by atoms with Gasteiger partial charge in [-0.05, 0) is 58.5 Å². The molecule has 0 aliphatic rings. The first kappa shape index (κ1) is 34.7. The number of methoxy groups -OCH3 is 2. The van der Waals surface area contributed by atoms with Crippen LogP contribution in [0.15, 0.2) is 152 Å². The maximum Gasteiger partial charge on any atom is 0.204 e. The third-order valence-electron chi connectivity index (χ3n) is 8.19. The molecule has 0 aliphatic carbocycles. The Bertz CT molecular complexity index is 1910. The molecular formula is C45H42O6. The quantitative estimate of drug-likeness (QED) is 0.0957. The van der Waals surface area contributed by atoms with Crippen molar-refractivity contribution in [2.75, 3.05) is 14.2 Å². The smallest absolute Gasteiger partial charge is 0.204 e. The summed E-state index contributed by atoms with van der Waals surface area (Å²) < 4.78 is 37.1. The van der Waals surface area contributed by atoms with Crippen LogP contribution >= 0.6 is 0 Å². The van der Waals surface area contributed by atoms with Gasteiger partial charge in [0, 0.05) is 5.56 Å². The number of hydrogen-bond donors (Lipinski definition) is 0. The van der Waals surface area contributed by atoms with Gasteiger partial charge in [0.15, 0.2) is 23.0 Å². The second-order valence-corrected chi connectivity index (χ2v) is 11.8. The SMILES string of the molecule is COc1ccc(/C=C/Cc2cc(OCc3ccccc3)c(OC)c(OCc3ccccc3)c2)c(OCc2ccccc2)c1OCc1ccccc1. The van der Waals surface area contributed by atoms with Gasteiger partial charge in [-0.3, -0.25) is 0 Å². The zero-order valence-corrected chi connectivity index (χ0v) is 29.0. The molecule has 0 radical (unpaired) electrons. The van der Waals surface area contributed by atoms with E-state index in [0.29, 0.717) is 67.3 Å². The number of hydrogen-bond acceptors (Lipinski definition) is 6. The lowest BCUT2D eigenvalue weighted by Gasteiger charge is -2.18. The Balaban J connectivity index is 1.29. The minimum Gasteiger partial charge on any atom is -0.493 e. The highest BCUT2D eigenvalue weighted by Gasteiger charge is 2.18. The normalized spacial score (nSPS) is 10.9. The van der Waals surface area contributed by atoms with E-state index in [1.807, 2.05) is 152 Å². The van der Waals surface area contributed by atoms with E-state index in [9.17, 15) is 0 Å². The topological polar surface area (TPSA) is 55.4 Å². The van der Waals surface area contributed by atoms with Gasteiger partial charge in [0.25, 0.3) is 0 Å². The second-order valence-electron chi connectivity index (χ2n) is 11.8. The van der Waals surface area contributed by atoms with Crippen LogP contribution in [0, 0.1) is 0 Å². The molecular weight excluding hydrogens is 636 g/mol. The van der Waals surface area contributed by atoms with Crippen molar-refractivity contribution in [1.29, 1.82) is 0 Å². The van der Waals surface area contributed by atoms with E-state index in [-0.39, 0.29) is 0 Å². The molecule has 51 heavy (non-hydrogen) atoms. The van der Waals surface area contributed by atoms with Gasteiger partial charge in [-0.1, -0.05) is 133 Å².